The molecule has 3 aromatic rings. The predicted octanol–water partition coefficient (Wildman–Crippen LogP) is 3.02. The van der Waals surface area contributed by atoms with Gasteiger partial charge in [-0.2, -0.15) is 0 Å². The number of nitrogens with one attached hydrogen (secondary N) is 2. The highest BCUT2D eigenvalue weighted by atomic mass is 16.1. The number of anilines is 1. The van der Waals surface area contributed by atoms with Crippen molar-refractivity contribution in [2.24, 2.45) is 0 Å². The first-order valence-electron chi connectivity index (χ1n) is 7.71. The van der Waals surface area contributed by atoms with E-state index >= 15 is 0 Å². The van der Waals surface area contributed by atoms with E-state index in [1.807, 2.05) is 42.5 Å². The zero-order chi connectivity index (χ0) is 16.6. The smallest absolute Gasteiger partial charge is 0.253 e. The lowest BCUT2D eigenvalue weighted by molar-refractivity contribution is 0.0950. The molecule has 0 aliphatic carbocycles. The average molecular weight is 318 g/mol. The van der Waals surface area contributed by atoms with E-state index < -0.39 is 0 Å². The molecule has 0 spiro atoms. The Morgan fingerprint density at radius 2 is 1.71 bits per heavy atom. The number of benzene rings is 1. The van der Waals surface area contributed by atoms with Gasteiger partial charge in [-0.25, -0.2) is 0 Å². The minimum Gasteiger partial charge on any atom is -0.380 e. The van der Waals surface area contributed by atoms with Gasteiger partial charge in [-0.15, -0.1) is 0 Å². The molecule has 0 unspecified atom stereocenters. The molecule has 2 aromatic heterocycles. The standard InChI is InChI=1S/C19H18N4O/c24-19(23-12-16-7-4-8-20-10-16)17-9-18(14-21-13-17)22-11-15-5-2-1-3-6-15/h1-10,13-14,22H,11-12H2,(H,23,24). The van der Waals surface area contributed by atoms with Crippen LogP contribution in [0.2, 0.25) is 0 Å². The van der Waals surface area contributed by atoms with E-state index in [1.165, 1.54) is 5.56 Å². The Morgan fingerprint density at radius 1 is 0.875 bits per heavy atom. The van der Waals surface area contributed by atoms with Gasteiger partial charge in [-0.3, -0.25) is 14.8 Å². The Morgan fingerprint density at radius 3 is 2.50 bits per heavy atom. The van der Waals surface area contributed by atoms with Crippen LogP contribution >= 0.6 is 0 Å². The first-order chi connectivity index (χ1) is 11.8. The molecule has 0 saturated carbocycles. The van der Waals surface area contributed by atoms with E-state index in [9.17, 15) is 4.79 Å². The van der Waals surface area contributed by atoms with Crippen molar-refractivity contribution in [3.63, 3.8) is 0 Å². The second-order valence-electron chi connectivity index (χ2n) is 5.35. The number of nitrogens with zero attached hydrogens (tertiary/aromatic N) is 2. The van der Waals surface area contributed by atoms with Gasteiger partial charge in [0.1, 0.15) is 0 Å². The van der Waals surface area contributed by atoms with E-state index in [0.717, 1.165) is 11.3 Å². The molecule has 24 heavy (non-hydrogen) atoms. The van der Waals surface area contributed by atoms with Gasteiger partial charge < -0.3 is 10.6 Å². The summed E-state index contributed by atoms with van der Waals surface area (Å²) < 4.78 is 0. The molecule has 3 rings (SSSR count). The fourth-order valence-electron chi connectivity index (χ4n) is 2.25. The maximum atomic E-state index is 12.2. The van der Waals surface area contributed by atoms with Gasteiger partial charge in [0, 0.05) is 37.9 Å². The highest BCUT2D eigenvalue weighted by molar-refractivity contribution is 5.94. The minimum absolute atomic E-state index is 0.158. The van der Waals surface area contributed by atoms with Crippen LogP contribution in [0.1, 0.15) is 21.5 Å². The second-order valence-corrected chi connectivity index (χ2v) is 5.35. The second kappa shape index (κ2) is 7.87. The predicted molar refractivity (Wildman–Crippen MR) is 93.4 cm³/mol. The number of rotatable bonds is 6. The summed E-state index contributed by atoms with van der Waals surface area (Å²) in [7, 11) is 0. The van der Waals surface area contributed by atoms with Crippen molar-refractivity contribution < 1.29 is 4.79 Å². The third kappa shape index (κ3) is 4.39. The summed E-state index contributed by atoms with van der Waals surface area (Å²) in [5.41, 5.74) is 3.46. The lowest BCUT2D eigenvalue weighted by Crippen LogP contribution is -2.23. The van der Waals surface area contributed by atoms with Crippen LogP contribution in [0.25, 0.3) is 0 Å². The molecule has 0 aliphatic heterocycles. The summed E-state index contributed by atoms with van der Waals surface area (Å²) in [5, 5.41) is 6.15. The number of hydrogen-bond donors (Lipinski definition) is 2. The average Bonchev–Trinajstić information content (AvgIpc) is 2.66. The Kier molecular flexibility index (Phi) is 5.14. The number of carbonyl (C=O) groups excluding carboxylic acids is 1. The summed E-state index contributed by atoms with van der Waals surface area (Å²) in [6.45, 7) is 1.12. The van der Waals surface area contributed by atoms with Gasteiger partial charge in [0.05, 0.1) is 11.3 Å². The molecule has 0 aliphatic rings. The van der Waals surface area contributed by atoms with Gasteiger partial charge >= 0.3 is 0 Å². The lowest BCUT2D eigenvalue weighted by atomic mass is 10.2. The van der Waals surface area contributed by atoms with Crippen LogP contribution in [0.15, 0.2) is 73.3 Å². The Bertz CT molecular complexity index is 791. The first kappa shape index (κ1) is 15.7. The fourth-order valence-corrected chi connectivity index (χ4v) is 2.25. The van der Waals surface area contributed by atoms with Crippen LogP contribution < -0.4 is 10.6 Å². The molecule has 120 valence electrons. The zero-order valence-electron chi connectivity index (χ0n) is 13.1. The molecule has 1 amide bonds. The zero-order valence-corrected chi connectivity index (χ0v) is 13.1. The van der Waals surface area contributed by atoms with Crippen molar-refractivity contribution in [1.82, 2.24) is 15.3 Å². The van der Waals surface area contributed by atoms with Crippen LogP contribution in [0, 0.1) is 0 Å². The number of amides is 1. The summed E-state index contributed by atoms with van der Waals surface area (Å²) >= 11 is 0. The third-order valence-corrected chi connectivity index (χ3v) is 3.52. The SMILES string of the molecule is O=C(NCc1cccnc1)c1cncc(NCc2ccccc2)c1. The molecule has 0 radical (unpaired) electrons. The molecular formula is C19H18N4O. The van der Waals surface area contributed by atoms with Crippen LogP contribution in [0.4, 0.5) is 5.69 Å². The number of pyridine rings is 2. The van der Waals surface area contributed by atoms with Crippen molar-refractivity contribution in [1.29, 1.82) is 0 Å². The number of aromatic nitrogens is 2. The van der Waals surface area contributed by atoms with Crippen molar-refractivity contribution >= 4 is 11.6 Å². The minimum atomic E-state index is -0.158. The highest BCUT2D eigenvalue weighted by Crippen LogP contribution is 2.11. The Labute approximate surface area is 140 Å². The summed E-state index contributed by atoms with van der Waals surface area (Å²) in [6, 6.07) is 15.6. The summed E-state index contributed by atoms with van der Waals surface area (Å²) in [4.78, 5) is 20.4. The van der Waals surface area contributed by atoms with E-state index in [2.05, 4.69) is 20.6 Å². The van der Waals surface area contributed by atoms with Gasteiger partial charge in [0.15, 0.2) is 0 Å². The topological polar surface area (TPSA) is 66.9 Å². The molecule has 2 N–H and O–H groups in total. The van der Waals surface area contributed by atoms with Gasteiger partial charge in [0.25, 0.3) is 5.91 Å². The van der Waals surface area contributed by atoms with Crippen LogP contribution in [-0.4, -0.2) is 15.9 Å². The fraction of sp³-hybridized carbons (Fsp3) is 0.105. The van der Waals surface area contributed by atoms with Crippen molar-refractivity contribution in [2.75, 3.05) is 5.32 Å². The monoisotopic (exact) mass is 318 g/mol. The van der Waals surface area contributed by atoms with Crippen LogP contribution in [-0.2, 0) is 13.1 Å². The van der Waals surface area contributed by atoms with Crippen molar-refractivity contribution in [2.45, 2.75) is 13.1 Å². The highest BCUT2D eigenvalue weighted by Gasteiger charge is 2.07. The quantitative estimate of drug-likeness (QED) is 0.733. The summed E-state index contributed by atoms with van der Waals surface area (Å²) in [5.74, 6) is -0.158. The summed E-state index contributed by atoms with van der Waals surface area (Å²) in [6.07, 6.45) is 6.71. The normalized spacial score (nSPS) is 10.2. The molecule has 1 aromatic carbocycles. The van der Waals surface area contributed by atoms with Crippen LogP contribution in [0.3, 0.4) is 0 Å². The van der Waals surface area contributed by atoms with Gasteiger partial charge in [-0.1, -0.05) is 36.4 Å². The molecule has 2 heterocycles. The molecule has 0 atom stereocenters. The van der Waals surface area contributed by atoms with Gasteiger partial charge in [0.2, 0.25) is 0 Å². The molecule has 5 nitrogen and oxygen atoms in total. The largest absolute Gasteiger partial charge is 0.380 e. The van der Waals surface area contributed by atoms with Gasteiger partial charge in [-0.05, 0) is 23.3 Å². The Hall–Kier alpha value is -3.21. The molecular weight excluding hydrogens is 300 g/mol. The first-order valence-corrected chi connectivity index (χ1v) is 7.71. The van der Waals surface area contributed by atoms with E-state index in [4.69, 9.17) is 0 Å². The molecule has 0 saturated heterocycles. The van der Waals surface area contributed by atoms with Crippen molar-refractivity contribution in [3.05, 3.63) is 90.0 Å². The molecule has 5 heteroatoms. The molecule has 0 bridgehead atoms. The molecule has 0 fully saturated rings. The third-order valence-electron chi connectivity index (χ3n) is 3.52. The maximum absolute atomic E-state index is 12.2. The van der Waals surface area contributed by atoms with Crippen molar-refractivity contribution in [3.8, 4) is 0 Å². The van der Waals surface area contributed by atoms with E-state index in [0.29, 0.717) is 18.7 Å². The number of hydrogen-bond acceptors (Lipinski definition) is 4. The van der Waals surface area contributed by atoms with Crippen LogP contribution in [0.5, 0.6) is 0 Å². The van der Waals surface area contributed by atoms with E-state index in [1.54, 1.807) is 30.9 Å². The Balaban J connectivity index is 1.59. The number of carbonyl (C=O) groups is 1. The maximum Gasteiger partial charge on any atom is 0.253 e. The van der Waals surface area contributed by atoms with E-state index in [-0.39, 0.29) is 5.91 Å². The lowest BCUT2D eigenvalue weighted by Gasteiger charge is -2.09.